The molecule has 0 aliphatic heterocycles. The highest BCUT2D eigenvalue weighted by molar-refractivity contribution is 9.11. The number of nitrogens with zero attached hydrogens (tertiary/aromatic N) is 7. The molecule has 0 atom stereocenters. The molecular weight excluding hydrogens is 1220 g/mol. The van der Waals surface area contributed by atoms with Gasteiger partial charge < -0.3 is 14.8 Å². The second-order valence-electron chi connectivity index (χ2n) is 13.6. The molecule has 5 rings (SSSR count). The van der Waals surface area contributed by atoms with Crippen molar-refractivity contribution >= 4 is 135 Å². The molecule has 71 heavy (non-hydrogen) atoms. The Morgan fingerprint density at radius 2 is 1.10 bits per heavy atom. The van der Waals surface area contributed by atoms with Gasteiger partial charge in [-0.25, -0.2) is 4.98 Å². The van der Waals surface area contributed by atoms with E-state index in [-0.39, 0.29) is 72.2 Å². The Balaban J connectivity index is 0.00000154. The molecule has 4 aromatic carbocycles. The molecule has 0 saturated carbocycles. The minimum absolute atomic E-state index is 0.0190. The Labute approximate surface area is 435 Å². The standard InChI is InChI=1S/C37H36Br2Cl2N8O11S3.2O3S/c1-2-11-59-32-20-30(48-46-25-6-4-24(40)5-7-25)27(38)15-22(32)17-35-43-36(45-37(44-35)42-10-14-62(53,54)55)18-23-16-28(39)31(21-33(23)60-12-3-13-61(50,51)52)49-47-26-8-9-29(41)34(19-26)63(56,57)58;2*1-4(2)3/h4-9,15-16,19-21H,2-3,10-14,17-18H2,1H3,(H,50,51,52)(H,53,54,55)(H,56,57,58)(H,42,43,44,45);;. The van der Waals surface area contributed by atoms with Gasteiger partial charge in [0.25, 0.3) is 30.4 Å². The Bertz CT molecular complexity index is 3310. The molecule has 4 N–H and O–H groups in total. The SMILES string of the molecule is CCCOc1cc(N=Nc2ccc(Cl)cc2)c(Br)cc1Cc1nc(Cc2cc(Br)c(N=Nc3ccc(Cl)c(S(=O)(=O)O)c3)cc2OCCCS(=O)(=O)O)nc(NCCS(=O)(=O)O)n1.O=S(=O)=O.O=S(=O)=O. The van der Waals surface area contributed by atoms with Crippen molar-refractivity contribution < 1.29 is 73.6 Å². The first kappa shape index (κ1) is 60.3. The van der Waals surface area contributed by atoms with Crippen LogP contribution in [0.1, 0.15) is 42.5 Å². The lowest BCUT2D eigenvalue weighted by Gasteiger charge is -2.15. The summed E-state index contributed by atoms with van der Waals surface area (Å²) in [6.07, 6.45) is 0.640. The maximum atomic E-state index is 11.8. The van der Waals surface area contributed by atoms with Gasteiger partial charge in [-0.1, -0.05) is 30.1 Å². The lowest BCUT2D eigenvalue weighted by atomic mass is 10.1. The van der Waals surface area contributed by atoms with Crippen LogP contribution in [0.3, 0.4) is 0 Å². The summed E-state index contributed by atoms with van der Waals surface area (Å²) in [6.45, 7) is 1.90. The van der Waals surface area contributed by atoms with Crippen molar-refractivity contribution in [2.75, 3.05) is 36.6 Å². The van der Waals surface area contributed by atoms with Crippen LogP contribution in [0.2, 0.25) is 10.0 Å². The molecular formula is C37H36Br2Cl2N8O17S5. The van der Waals surface area contributed by atoms with Gasteiger partial charge in [0.15, 0.2) is 0 Å². The summed E-state index contributed by atoms with van der Waals surface area (Å²) in [5.74, 6) is -0.215. The first-order chi connectivity index (χ1) is 33.1. The van der Waals surface area contributed by atoms with Gasteiger partial charge in [-0.3, -0.25) is 13.7 Å². The van der Waals surface area contributed by atoms with E-state index in [2.05, 4.69) is 67.6 Å². The Kier molecular flexibility index (Phi) is 24.0. The van der Waals surface area contributed by atoms with Gasteiger partial charge in [0, 0.05) is 56.6 Å². The lowest BCUT2D eigenvalue weighted by molar-refractivity contribution is 0.313. The molecule has 0 radical (unpaired) electrons. The molecule has 1 heterocycles. The van der Waals surface area contributed by atoms with Gasteiger partial charge in [0.05, 0.1) is 41.1 Å². The first-order valence-electron chi connectivity index (χ1n) is 19.3. The molecule has 384 valence electrons. The summed E-state index contributed by atoms with van der Waals surface area (Å²) in [5, 5.41) is 20.1. The van der Waals surface area contributed by atoms with E-state index in [4.69, 9.17) is 62.9 Å². The predicted molar refractivity (Wildman–Crippen MR) is 261 cm³/mol. The number of rotatable bonds is 21. The molecule has 1 aromatic heterocycles. The number of nitrogens with one attached hydrogen (secondary N) is 1. The summed E-state index contributed by atoms with van der Waals surface area (Å²) in [5.41, 5.74) is 2.34. The third-order valence-electron chi connectivity index (χ3n) is 8.16. The van der Waals surface area contributed by atoms with Crippen LogP contribution in [-0.4, -0.2) is 110 Å². The lowest BCUT2D eigenvalue weighted by Crippen LogP contribution is -2.18. The quantitative estimate of drug-likeness (QED) is 0.0310. The highest BCUT2D eigenvalue weighted by Crippen LogP contribution is 2.38. The van der Waals surface area contributed by atoms with Crippen LogP contribution in [0.15, 0.2) is 101 Å². The second kappa shape index (κ2) is 28.3. The molecule has 0 bridgehead atoms. The Morgan fingerprint density at radius 1 is 0.634 bits per heavy atom. The average Bonchev–Trinajstić information content (AvgIpc) is 3.24. The highest BCUT2D eigenvalue weighted by Gasteiger charge is 2.19. The van der Waals surface area contributed by atoms with E-state index in [0.717, 1.165) is 6.07 Å². The zero-order valence-electron chi connectivity index (χ0n) is 36.0. The molecule has 25 nitrogen and oxygen atoms in total. The fraction of sp³-hybridized carbons (Fsp3) is 0.270. The van der Waals surface area contributed by atoms with Crippen molar-refractivity contribution in [2.24, 2.45) is 20.5 Å². The van der Waals surface area contributed by atoms with Crippen LogP contribution in [0, 0.1) is 0 Å². The van der Waals surface area contributed by atoms with Gasteiger partial charge in [-0.15, -0.1) is 35.5 Å². The highest BCUT2D eigenvalue weighted by atomic mass is 79.9. The molecule has 0 amide bonds. The van der Waals surface area contributed by atoms with E-state index < -0.39 is 68.0 Å². The average molecular weight is 1260 g/mol. The zero-order valence-corrected chi connectivity index (χ0v) is 44.7. The van der Waals surface area contributed by atoms with Crippen molar-refractivity contribution in [3.8, 4) is 11.5 Å². The largest absolute Gasteiger partial charge is 0.493 e. The monoisotopic (exact) mass is 1250 g/mol. The van der Waals surface area contributed by atoms with Crippen molar-refractivity contribution in [3.63, 3.8) is 0 Å². The van der Waals surface area contributed by atoms with Gasteiger partial charge in [-0.05, 0) is 99.3 Å². The van der Waals surface area contributed by atoms with Gasteiger partial charge in [-0.2, -0.15) is 45.4 Å². The smallest absolute Gasteiger partial charge is 0.425 e. The maximum Gasteiger partial charge on any atom is 0.425 e. The molecule has 5 aromatic rings. The van der Waals surface area contributed by atoms with E-state index in [1.54, 1.807) is 42.5 Å². The topological polar surface area (TPSA) is 384 Å². The zero-order chi connectivity index (χ0) is 53.1. The Morgan fingerprint density at radius 3 is 1.56 bits per heavy atom. The predicted octanol–water partition coefficient (Wildman–Crippen LogP) is 7.70. The third-order valence-corrected chi connectivity index (χ3v) is 12.5. The second-order valence-corrected chi connectivity index (χ2v) is 21.5. The van der Waals surface area contributed by atoms with E-state index in [0.29, 0.717) is 55.2 Å². The molecule has 0 aliphatic rings. The van der Waals surface area contributed by atoms with Crippen molar-refractivity contribution in [1.29, 1.82) is 0 Å². The number of azo groups is 2. The molecule has 0 aliphatic carbocycles. The van der Waals surface area contributed by atoms with Gasteiger partial charge >= 0.3 is 21.2 Å². The van der Waals surface area contributed by atoms with E-state index in [9.17, 15) is 38.9 Å². The number of benzene rings is 4. The van der Waals surface area contributed by atoms with Crippen molar-refractivity contribution in [2.45, 2.75) is 37.5 Å². The normalized spacial score (nSPS) is 11.6. The van der Waals surface area contributed by atoms with Crippen LogP contribution in [-0.2, 0) is 64.4 Å². The van der Waals surface area contributed by atoms with Crippen molar-refractivity contribution in [3.05, 3.63) is 108 Å². The number of hydrogen-bond donors (Lipinski definition) is 4. The summed E-state index contributed by atoms with van der Waals surface area (Å²) in [4.78, 5) is 13.1. The van der Waals surface area contributed by atoms with E-state index in [1.165, 1.54) is 18.2 Å². The summed E-state index contributed by atoms with van der Waals surface area (Å²) < 4.78 is 161. The summed E-state index contributed by atoms with van der Waals surface area (Å²) in [6, 6.07) is 17.0. The first-order valence-corrected chi connectivity index (χ1v) is 28.3. The van der Waals surface area contributed by atoms with Gasteiger partial charge in [0.2, 0.25) is 5.95 Å². The van der Waals surface area contributed by atoms with Gasteiger partial charge in [0.1, 0.15) is 39.4 Å². The van der Waals surface area contributed by atoms with Crippen LogP contribution in [0.5, 0.6) is 11.5 Å². The number of halogens is 4. The third kappa shape index (κ3) is 23.4. The number of hydrogen-bond acceptors (Lipinski definition) is 22. The van der Waals surface area contributed by atoms with Crippen molar-refractivity contribution in [1.82, 2.24) is 15.0 Å². The summed E-state index contributed by atoms with van der Waals surface area (Å²) >= 11 is 19.0. The molecule has 0 saturated heterocycles. The van der Waals surface area contributed by atoms with Crippen LogP contribution in [0.4, 0.5) is 28.7 Å². The van der Waals surface area contributed by atoms with Crippen LogP contribution in [0.25, 0.3) is 0 Å². The fourth-order valence-electron chi connectivity index (χ4n) is 5.32. The maximum absolute atomic E-state index is 11.8. The molecule has 34 heteroatoms. The minimum atomic E-state index is -4.67. The summed E-state index contributed by atoms with van der Waals surface area (Å²) in [7, 11) is -19.5. The number of aromatic nitrogens is 3. The number of ether oxygens (including phenoxy) is 2. The minimum Gasteiger partial charge on any atom is -0.493 e. The number of anilines is 1. The molecule has 0 unspecified atom stereocenters. The molecule has 0 fully saturated rings. The fourth-order valence-corrected chi connectivity index (χ4v) is 8.23. The van der Waals surface area contributed by atoms with Crippen LogP contribution >= 0.6 is 55.1 Å². The van der Waals surface area contributed by atoms with E-state index >= 15 is 0 Å². The Hall–Kier alpha value is -5.00. The van der Waals surface area contributed by atoms with E-state index in [1.807, 2.05) is 6.92 Å². The van der Waals surface area contributed by atoms with Crippen LogP contribution < -0.4 is 14.8 Å². The molecule has 0 spiro atoms.